The van der Waals surface area contributed by atoms with Crippen LogP contribution in [0.1, 0.15) is 47.0 Å². The first-order valence-electron chi connectivity index (χ1n) is 4.95. The van der Waals surface area contributed by atoms with E-state index in [-0.39, 0.29) is 0 Å². The molecule has 0 heterocycles. The van der Waals surface area contributed by atoms with Crippen LogP contribution in [0, 0.1) is 5.92 Å². The Morgan fingerprint density at radius 1 is 1.33 bits per heavy atom. The molecule has 0 fully saturated rings. The zero-order valence-electron chi connectivity index (χ0n) is 8.80. The molecule has 0 saturated heterocycles. The van der Waals surface area contributed by atoms with Crippen LogP contribution >= 0.6 is 0 Å². The summed E-state index contributed by atoms with van der Waals surface area (Å²) in [6.45, 7) is 8.38. The summed E-state index contributed by atoms with van der Waals surface area (Å²) in [7, 11) is 0. The SMILES string of the molecule is CCCC(O)(/C=C/C(C)C)CC. The highest BCUT2D eigenvalue weighted by Crippen LogP contribution is 2.19. The van der Waals surface area contributed by atoms with Crippen molar-refractivity contribution in [1.29, 1.82) is 0 Å². The summed E-state index contributed by atoms with van der Waals surface area (Å²) in [5.41, 5.74) is -0.557. The molecular weight excluding hydrogens is 148 g/mol. The van der Waals surface area contributed by atoms with E-state index in [0.717, 1.165) is 19.3 Å². The van der Waals surface area contributed by atoms with Crippen molar-refractivity contribution >= 4 is 0 Å². The van der Waals surface area contributed by atoms with Gasteiger partial charge >= 0.3 is 0 Å². The maximum absolute atomic E-state index is 9.98. The molecule has 0 spiro atoms. The third-order valence-electron chi connectivity index (χ3n) is 2.09. The molecule has 0 amide bonds. The smallest absolute Gasteiger partial charge is 0.0825 e. The lowest BCUT2D eigenvalue weighted by Crippen LogP contribution is -2.24. The molecule has 1 nitrogen and oxygen atoms in total. The van der Waals surface area contributed by atoms with E-state index in [1.807, 2.05) is 13.0 Å². The first-order chi connectivity index (χ1) is 5.54. The van der Waals surface area contributed by atoms with Crippen LogP contribution in [0.15, 0.2) is 12.2 Å². The third kappa shape index (κ3) is 4.55. The fourth-order valence-electron chi connectivity index (χ4n) is 1.18. The van der Waals surface area contributed by atoms with Crippen LogP contribution in [0.2, 0.25) is 0 Å². The van der Waals surface area contributed by atoms with Gasteiger partial charge in [-0.1, -0.05) is 46.3 Å². The van der Waals surface area contributed by atoms with E-state index >= 15 is 0 Å². The van der Waals surface area contributed by atoms with E-state index in [2.05, 4.69) is 26.8 Å². The van der Waals surface area contributed by atoms with Gasteiger partial charge in [0, 0.05) is 0 Å². The van der Waals surface area contributed by atoms with Gasteiger partial charge in [-0.2, -0.15) is 0 Å². The minimum Gasteiger partial charge on any atom is -0.386 e. The van der Waals surface area contributed by atoms with E-state index in [4.69, 9.17) is 0 Å². The van der Waals surface area contributed by atoms with Gasteiger partial charge in [-0.05, 0) is 18.8 Å². The number of hydrogen-bond acceptors (Lipinski definition) is 1. The van der Waals surface area contributed by atoms with Crippen molar-refractivity contribution in [3.8, 4) is 0 Å². The van der Waals surface area contributed by atoms with E-state index in [0.29, 0.717) is 5.92 Å². The standard InChI is InChI=1S/C11H22O/c1-5-8-11(12,6-2)9-7-10(3)4/h7,9-10,12H,5-6,8H2,1-4H3/b9-7+. The third-order valence-corrected chi connectivity index (χ3v) is 2.09. The second kappa shape index (κ2) is 5.36. The second-order valence-electron chi connectivity index (χ2n) is 3.81. The first kappa shape index (κ1) is 11.7. The summed E-state index contributed by atoms with van der Waals surface area (Å²) < 4.78 is 0. The minimum atomic E-state index is -0.557. The number of rotatable bonds is 5. The Morgan fingerprint density at radius 3 is 2.25 bits per heavy atom. The highest BCUT2D eigenvalue weighted by atomic mass is 16.3. The molecule has 1 heteroatoms. The van der Waals surface area contributed by atoms with Crippen molar-refractivity contribution in [2.45, 2.75) is 52.6 Å². The van der Waals surface area contributed by atoms with Gasteiger partial charge in [-0.25, -0.2) is 0 Å². The van der Waals surface area contributed by atoms with Crippen LogP contribution in [0.5, 0.6) is 0 Å². The zero-order valence-corrected chi connectivity index (χ0v) is 8.80. The van der Waals surface area contributed by atoms with E-state index in [9.17, 15) is 5.11 Å². The van der Waals surface area contributed by atoms with Gasteiger partial charge < -0.3 is 5.11 Å². The number of hydrogen-bond donors (Lipinski definition) is 1. The molecule has 1 unspecified atom stereocenters. The Kier molecular flexibility index (Phi) is 5.23. The molecular formula is C11H22O. The molecule has 0 aliphatic rings. The minimum absolute atomic E-state index is 0.528. The summed E-state index contributed by atoms with van der Waals surface area (Å²) in [4.78, 5) is 0. The highest BCUT2D eigenvalue weighted by molar-refractivity contribution is 5.01. The molecule has 0 aliphatic heterocycles. The van der Waals surface area contributed by atoms with Crippen molar-refractivity contribution in [2.24, 2.45) is 5.92 Å². The largest absolute Gasteiger partial charge is 0.386 e. The molecule has 0 aromatic carbocycles. The molecule has 1 N–H and O–H groups in total. The summed E-state index contributed by atoms with van der Waals surface area (Å²) in [5, 5.41) is 9.98. The maximum atomic E-state index is 9.98. The maximum Gasteiger partial charge on any atom is 0.0825 e. The molecule has 1 atom stereocenters. The normalized spacial score (nSPS) is 17.2. The highest BCUT2D eigenvalue weighted by Gasteiger charge is 2.18. The van der Waals surface area contributed by atoms with Crippen LogP contribution < -0.4 is 0 Å². The number of allylic oxidation sites excluding steroid dienone is 1. The predicted octanol–water partition coefficient (Wildman–Crippen LogP) is 3.14. The lowest BCUT2D eigenvalue weighted by Gasteiger charge is -2.22. The Bertz CT molecular complexity index is 138. The summed E-state index contributed by atoms with van der Waals surface area (Å²) in [5.74, 6) is 0.528. The van der Waals surface area contributed by atoms with Crippen molar-refractivity contribution in [3.05, 3.63) is 12.2 Å². The van der Waals surface area contributed by atoms with E-state index in [1.54, 1.807) is 0 Å². The van der Waals surface area contributed by atoms with Crippen LogP contribution in [-0.4, -0.2) is 10.7 Å². The van der Waals surface area contributed by atoms with Gasteiger partial charge in [0.15, 0.2) is 0 Å². The fourth-order valence-corrected chi connectivity index (χ4v) is 1.18. The Hall–Kier alpha value is -0.300. The average Bonchev–Trinajstić information content (AvgIpc) is 2.02. The molecule has 0 bridgehead atoms. The molecule has 0 aromatic rings. The fraction of sp³-hybridized carbons (Fsp3) is 0.818. The topological polar surface area (TPSA) is 20.2 Å². The van der Waals surface area contributed by atoms with Gasteiger partial charge in [0.1, 0.15) is 0 Å². The van der Waals surface area contributed by atoms with Crippen molar-refractivity contribution in [1.82, 2.24) is 0 Å². The van der Waals surface area contributed by atoms with Gasteiger partial charge in [0.05, 0.1) is 5.60 Å². The van der Waals surface area contributed by atoms with E-state index in [1.165, 1.54) is 0 Å². The monoisotopic (exact) mass is 170 g/mol. The average molecular weight is 170 g/mol. The molecule has 0 aliphatic carbocycles. The second-order valence-corrected chi connectivity index (χ2v) is 3.81. The van der Waals surface area contributed by atoms with Gasteiger partial charge in [0.25, 0.3) is 0 Å². The first-order valence-corrected chi connectivity index (χ1v) is 4.95. The lowest BCUT2D eigenvalue weighted by atomic mass is 9.93. The molecule has 0 saturated carbocycles. The molecule has 72 valence electrons. The van der Waals surface area contributed by atoms with Crippen molar-refractivity contribution < 1.29 is 5.11 Å². The van der Waals surface area contributed by atoms with Crippen molar-refractivity contribution in [2.75, 3.05) is 0 Å². The van der Waals surface area contributed by atoms with Crippen LogP contribution in [0.4, 0.5) is 0 Å². The Labute approximate surface area is 76.5 Å². The molecule has 0 radical (unpaired) electrons. The lowest BCUT2D eigenvalue weighted by molar-refractivity contribution is 0.0761. The molecule has 0 aromatic heterocycles. The van der Waals surface area contributed by atoms with Crippen LogP contribution in [0.25, 0.3) is 0 Å². The summed E-state index contributed by atoms with van der Waals surface area (Å²) in [6.07, 6.45) is 6.75. The number of aliphatic hydroxyl groups is 1. The van der Waals surface area contributed by atoms with Crippen LogP contribution in [-0.2, 0) is 0 Å². The van der Waals surface area contributed by atoms with E-state index < -0.39 is 5.60 Å². The molecule has 0 rings (SSSR count). The summed E-state index contributed by atoms with van der Waals surface area (Å²) >= 11 is 0. The molecule has 12 heavy (non-hydrogen) atoms. The van der Waals surface area contributed by atoms with Gasteiger partial charge in [0.2, 0.25) is 0 Å². The summed E-state index contributed by atoms with van der Waals surface area (Å²) in [6, 6.07) is 0. The Balaban J connectivity index is 4.12. The van der Waals surface area contributed by atoms with Crippen molar-refractivity contribution in [3.63, 3.8) is 0 Å². The predicted molar refractivity (Wildman–Crippen MR) is 54.1 cm³/mol. The van der Waals surface area contributed by atoms with Crippen LogP contribution in [0.3, 0.4) is 0 Å². The zero-order chi connectivity index (χ0) is 9.61. The van der Waals surface area contributed by atoms with Gasteiger partial charge in [-0.3, -0.25) is 0 Å². The quantitative estimate of drug-likeness (QED) is 0.628. The van der Waals surface area contributed by atoms with Gasteiger partial charge in [-0.15, -0.1) is 0 Å². The Morgan fingerprint density at radius 2 is 1.92 bits per heavy atom.